The predicted octanol–water partition coefficient (Wildman–Crippen LogP) is 11.6. The average Bonchev–Trinajstić information content (AvgIpc) is 0.755. The summed E-state index contributed by atoms with van der Waals surface area (Å²) in [5, 5.41) is 136. The summed E-state index contributed by atoms with van der Waals surface area (Å²) in [6.45, 7) is 2.25. The van der Waals surface area contributed by atoms with Gasteiger partial charge in [-0.3, -0.25) is 9.59 Å². The van der Waals surface area contributed by atoms with E-state index in [9.17, 15) is 75.7 Å². The molecule has 0 radical (unpaired) electrons. The molecular formula is C80H152N2O21. The van der Waals surface area contributed by atoms with Gasteiger partial charge in [0.05, 0.1) is 50.7 Å². The van der Waals surface area contributed by atoms with E-state index >= 15 is 0 Å². The van der Waals surface area contributed by atoms with Crippen molar-refractivity contribution in [2.45, 2.75) is 464 Å². The lowest BCUT2D eigenvalue weighted by Crippen LogP contribution is -2.70. The number of carboxylic acid groups (broad SMARTS) is 1. The maximum absolute atomic E-state index is 13.5. The van der Waals surface area contributed by atoms with Gasteiger partial charge < -0.3 is 100 Å². The Morgan fingerprint density at radius 3 is 1.21 bits per heavy atom. The predicted molar refractivity (Wildman–Crippen MR) is 399 cm³/mol. The molecule has 3 heterocycles. The summed E-state index contributed by atoms with van der Waals surface area (Å²) in [5.41, 5.74) is 0. The summed E-state index contributed by atoms with van der Waals surface area (Å²) in [6, 6.07) is -2.53. The number of amides is 2. The molecule has 0 aromatic heterocycles. The molecular weight excluding hydrogens is 1320 g/mol. The molecule has 3 aliphatic rings. The van der Waals surface area contributed by atoms with E-state index in [1.807, 2.05) is 0 Å². The number of aliphatic hydroxyl groups excluding tert-OH is 11. The zero-order chi connectivity index (χ0) is 75.3. The van der Waals surface area contributed by atoms with Crippen LogP contribution in [0.25, 0.3) is 0 Å². The summed E-state index contributed by atoms with van der Waals surface area (Å²) < 4.78 is 35.0. The highest BCUT2D eigenvalue weighted by atomic mass is 16.8. The zero-order valence-corrected chi connectivity index (χ0v) is 64.5. The van der Waals surface area contributed by atoms with Gasteiger partial charge in [0, 0.05) is 19.8 Å². The first-order valence-electron chi connectivity index (χ1n) is 41.9. The fourth-order valence-corrected chi connectivity index (χ4v) is 15.0. The molecule has 0 aromatic carbocycles. The highest BCUT2D eigenvalue weighted by molar-refractivity contribution is 5.77. The van der Waals surface area contributed by atoms with Crippen LogP contribution in [0.4, 0.5) is 0 Å². The second-order valence-corrected chi connectivity index (χ2v) is 30.7. The molecule has 0 saturated carbocycles. The molecule has 0 aliphatic carbocycles. The van der Waals surface area contributed by atoms with Crippen LogP contribution in [0, 0.1) is 0 Å². The van der Waals surface area contributed by atoms with Gasteiger partial charge in [-0.2, -0.15) is 0 Å². The number of rotatable bonds is 67. The third kappa shape index (κ3) is 39.8. The molecule has 3 saturated heterocycles. The van der Waals surface area contributed by atoms with Gasteiger partial charge in [-0.1, -0.05) is 322 Å². The van der Waals surface area contributed by atoms with E-state index in [-0.39, 0.29) is 18.9 Å². The second kappa shape index (κ2) is 59.6. The Morgan fingerprint density at radius 2 is 0.845 bits per heavy atom. The minimum atomic E-state index is -3.08. The first-order chi connectivity index (χ1) is 49.9. The van der Waals surface area contributed by atoms with Gasteiger partial charge in [-0.25, -0.2) is 4.79 Å². The molecule has 103 heavy (non-hydrogen) atoms. The maximum Gasteiger partial charge on any atom is 0.364 e. The summed E-state index contributed by atoms with van der Waals surface area (Å²) in [6.07, 6.45) is 34.2. The molecule has 3 aliphatic heterocycles. The van der Waals surface area contributed by atoms with E-state index in [1.165, 1.54) is 257 Å². The molecule has 608 valence electrons. The molecule has 0 bridgehead atoms. The number of hydrogen-bond donors (Lipinski definition) is 14. The number of carbonyl (C=O) groups excluding carboxylic acids is 2. The van der Waals surface area contributed by atoms with Crippen molar-refractivity contribution in [1.82, 2.24) is 10.6 Å². The Kier molecular flexibility index (Phi) is 54.9. The van der Waals surface area contributed by atoms with Crippen LogP contribution in [0.5, 0.6) is 0 Å². The Hall–Kier alpha value is -2.27. The van der Waals surface area contributed by atoms with E-state index in [0.717, 1.165) is 51.9 Å². The summed E-state index contributed by atoms with van der Waals surface area (Å²) >= 11 is 0. The monoisotopic (exact) mass is 1480 g/mol. The van der Waals surface area contributed by atoms with E-state index in [0.29, 0.717) is 19.3 Å². The molecule has 3 fully saturated rings. The van der Waals surface area contributed by atoms with E-state index in [2.05, 4.69) is 24.5 Å². The third-order valence-electron chi connectivity index (χ3n) is 21.6. The van der Waals surface area contributed by atoms with Crippen LogP contribution in [-0.4, -0.2) is 215 Å². The van der Waals surface area contributed by atoms with Gasteiger partial charge in [0.2, 0.25) is 11.8 Å². The van der Waals surface area contributed by atoms with Crippen LogP contribution in [0.2, 0.25) is 0 Å². The van der Waals surface area contributed by atoms with Gasteiger partial charge >= 0.3 is 5.97 Å². The molecule has 3 rings (SSSR count). The van der Waals surface area contributed by atoms with E-state index in [4.69, 9.17) is 28.4 Å². The quantitative estimate of drug-likeness (QED) is 0.0252. The fourth-order valence-electron chi connectivity index (χ4n) is 15.0. The van der Waals surface area contributed by atoms with Crippen LogP contribution in [0.1, 0.15) is 355 Å². The number of carboxylic acids is 1. The molecule has 23 nitrogen and oxygen atoms in total. The van der Waals surface area contributed by atoms with Crippen LogP contribution >= 0.6 is 0 Å². The van der Waals surface area contributed by atoms with Crippen molar-refractivity contribution in [3.63, 3.8) is 0 Å². The smallest absolute Gasteiger partial charge is 0.364 e. The van der Waals surface area contributed by atoms with Crippen molar-refractivity contribution in [3.8, 4) is 0 Å². The third-order valence-corrected chi connectivity index (χ3v) is 21.6. The molecule has 14 N–H and O–H groups in total. The summed E-state index contributed by atoms with van der Waals surface area (Å²) in [5.74, 6) is -6.09. The standard InChI is InChI=1S/C80H152N2O21/c1-4-6-8-10-12-14-16-18-20-21-22-23-24-25-26-27-28-29-30-31-32-33-34-35-36-37-38-39-40-42-44-46-48-50-52-54-67(90)82-61(62(87)53-51-49-47-45-43-41-19-17-15-13-11-9-7-5-2)59-98-77-72(94)71(93)74(66(58-85)100-77)101-78-73(95)76(70(92)65(57-84)99-78)103-80(79(96)97)55-63(88)68(81-60(3)86)75(102-80)69(91)64(89)56-83/h61-66,68-78,83-85,87-89,91-95H,4-59H2,1-3H3,(H,81,86)(H,82,90)(H,96,97). The molecule has 23 heteroatoms. The highest BCUT2D eigenvalue weighted by Crippen LogP contribution is 2.39. The Balaban J connectivity index is 1.41. The maximum atomic E-state index is 13.5. The number of carbonyl (C=O) groups is 3. The summed E-state index contributed by atoms with van der Waals surface area (Å²) in [7, 11) is 0. The van der Waals surface area contributed by atoms with Crippen molar-refractivity contribution in [2.24, 2.45) is 0 Å². The van der Waals surface area contributed by atoms with Gasteiger partial charge in [0.1, 0.15) is 67.1 Å². The number of aliphatic hydroxyl groups is 11. The topological polar surface area (TPSA) is 373 Å². The molecule has 2 amide bonds. The van der Waals surface area contributed by atoms with Crippen LogP contribution < -0.4 is 10.6 Å². The largest absolute Gasteiger partial charge is 0.477 e. The van der Waals surface area contributed by atoms with Crippen molar-refractivity contribution in [1.29, 1.82) is 0 Å². The number of hydrogen-bond acceptors (Lipinski definition) is 20. The Morgan fingerprint density at radius 1 is 0.466 bits per heavy atom. The first-order valence-corrected chi connectivity index (χ1v) is 41.9. The first kappa shape index (κ1) is 94.9. The van der Waals surface area contributed by atoms with Crippen molar-refractivity contribution in [2.75, 3.05) is 26.4 Å². The Bertz CT molecular complexity index is 2050. The highest BCUT2D eigenvalue weighted by Gasteiger charge is 2.60. The zero-order valence-electron chi connectivity index (χ0n) is 64.5. The molecule has 0 aromatic rings. The van der Waals surface area contributed by atoms with E-state index in [1.54, 1.807) is 0 Å². The van der Waals surface area contributed by atoms with Crippen molar-refractivity contribution in [3.05, 3.63) is 0 Å². The lowest BCUT2D eigenvalue weighted by molar-refractivity contribution is -0.386. The summed E-state index contributed by atoms with van der Waals surface area (Å²) in [4.78, 5) is 38.7. The lowest BCUT2D eigenvalue weighted by atomic mass is 9.88. The number of nitrogens with one attached hydrogen (secondary N) is 2. The second-order valence-electron chi connectivity index (χ2n) is 30.7. The number of ether oxygens (including phenoxy) is 6. The average molecular weight is 1480 g/mol. The number of unbranched alkanes of at least 4 members (excludes halogenated alkanes) is 47. The van der Waals surface area contributed by atoms with Crippen LogP contribution in [0.15, 0.2) is 0 Å². The lowest BCUT2D eigenvalue weighted by Gasteiger charge is -2.50. The number of aliphatic carboxylic acids is 1. The Labute approximate surface area is 620 Å². The van der Waals surface area contributed by atoms with Crippen LogP contribution in [0.3, 0.4) is 0 Å². The van der Waals surface area contributed by atoms with Crippen LogP contribution in [-0.2, 0) is 42.8 Å². The minimum absolute atomic E-state index is 0.230. The van der Waals surface area contributed by atoms with Gasteiger partial charge in [-0.05, 0) is 12.8 Å². The van der Waals surface area contributed by atoms with Gasteiger partial charge in [0.25, 0.3) is 5.79 Å². The van der Waals surface area contributed by atoms with Crippen molar-refractivity contribution >= 4 is 17.8 Å². The van der Waals surface area contributed by atoms with Crippen molar-refractivity contribution < 1.29 is 104 Å². The SMILES string of the molecule is CCCCCCCCCCCCCCCCCCCCCCCCCCCCCCCCCCCCCC(=O)NC(COC1OC(CO)C(OC2OC(CO)C(O)C(OC3(C(=O)O)CC(O)C(NC(C)=O)C(C(O)C(O)CO)O3)C2O)C(O)C1O)C(O)CCCCCCCCCCCCCCCC. The van der Waals surface area contributed by atoms with E-state index < -0.39 is 148 Å². The normalized spacial score (nSPS) is 26.4. The molecule has 18 atom stereocenters. The van der Waals surface area contributed by atoms with Gasteiger partial charge in [0.15, 0.2) is 12.6 Å². The molecule has 18 unspecified atom stereocenters. The fraction of sp³-hybridized carbons (Fsp3) is 0.963. The molecule has 0 spiro atoms. The minimum Gasteiger partial charge on any atom is -0.477 e. The van der Waals surface area contributed by atoms with Gasteiger partial charge in [-0.15, -0.1) is 0 Å².